The first-order valence-electron chi connectivity index (χ1n) is 12.7. The highest BCUT2D eigenvalue weighted by Gasteiger charge is 2.33. The van der Waals surface area contributed by atoms with E-state index in [1.807, 2.05) is 63.2 Å². The van der Waals surface area contributed by atoms with E-state index in [4.69, 9.17) is 18.9 Å². The van der Waals surface area contributed by atoms with Crippen LogP contribution in [0.25, 0.3) is 6.08 Å². The Morgan fingerprint density at radius 2 is 1.61 bits per heavy atom. The van der Waals surface area contributed by atoms with Crippen molar-refractivity contribution in [3.8, 4) is 17.2 Å². The Labute approximate surface area is 225 Å². The van der Waals surface area contributed by atoms with Gasteiger partial charge < -0.3 is 18.9 Å². The van der Waals surface area contributed by atoms with E-state index in [1.165, 1.54) is 11.3 Å². The molecule has 2 aromatic carbocycles. The Hall–Kier alpha value is -3.85. The van der Waals surface area contributed by atoms with Crippen molar-refractivity contribution in [3.63, 3.8) is 0 Å². The summed E-state index contributed by atoms with van der Waals surface area (Å²) in [4.78, 5) is 32.1. The van der Waals surface area contributed by atoms with Crippen LogP contribution in [0.1, 0.15) is 51.8 Å². The van der Waals surface area contributed by atoms with Crippen LogP contribution < -0.4 is 29.1 Å². The van der Waals surface area contributed by atoms with Crippen molar-refractivity contribution >= 4 is 23.4 Å². The fourth-order valence-corrected chi connectivity index (χ4v) is 5.37. The predicted octanol–water partition coefficient (Wildman–Crippen LogP) is 3.99. The van der Waals surface area contributed by atoms with Crippen LogP contribution in [0.15, 0.2) is 63.5 Å². The number of ether oxygens (including phenoxy) is 4. The number of fused-ring (bicyclic) bond motifs is 1. The number of rotatable bonds is 10. The molecule has 3 aromatic rings. The molecule has 0 saturated heterocycles. The number of hydrogen-bond acceptors (Lipinski definition) is 8. The zero-order chi connectivity index (χ0) is 27.2. The first-order chi connectivity index (χ1) is 18.4. The molecule has 2 heterocycles. The molecule has 9 heteroatoms. The van der Waals surface area contributed by atoms with Crippen LogP contribution in [0.5, 0.6) is 17.2 Å². The minimum Gasteiger partial charge on any atom is -0.494 e. The van der Waals surface area contributed by atoms with Gasteiger partial charge in [-0.1, -0.05) is 23.5 Å². The summed E-state index contributed by atoms with van der Waals surface area (Å²) in [7, 11) is 0. The van der Waals surface area contributed by atoms with E-state index < -0.39 is 12.0 Å². The van der Waals surface area contributed by atoms with Gasteiger partial charge in [0.25, 0.3) is 5.56 Å². The Morgan fingerprint density at radius 1 is 0.947 bits per heavy atom. The van der Waals surface area contributed by atoms with Crippen molar-refractivity contribution in [1.82, 2.24) is 4.57 Å². The van der Waals surface area contributed by atoms with Gasteiger partial charge in [0.1, 0.15) is 17.2 Å². The SMILES string of the molecule is CCOC(=O)C1=C(C)N=c2s/c(=C/c3ccc(OCC)cc3OCC)c(=O)n2[C@H]1c1ccc(OCC)cc1. The summed E-state index contributed by atoms with van der Waals surface area (Å²) < 4.78 is 24.4. The fraction of sp³-hybridized carbons (Fsp3) is 0.345. The van der Waals surface area contributed by atoms with Crippen molar-refractivity contribution in [2.45, 2.75) is 40.7 Å². The van der Waals surface area contributed by atoms with Gasteiger partial charge in [0.05, 0.1) is 48.3 Å². The van der Waals surface area contributed by atoms with Crippen molar-refractivity contribution in [3.05, 3.63) is 84.5 Å². The average Bonchev–Trinajstić information content (AvgIpc) is 3.20. The summed E-state index contributed by atoms with van der Waals surface area (Å²) in [6, 6.07) is 12.3. The summed E-state index contributed by atoms with van der Waals surface area (Å²) in [5.41, 5.74) is 2.12. The first kappa shape index (κ1) is 27.2. The molecular formula is C29H32N2O6S. The molecular weight excluding hydrogens is 504 g/mol. The lowest BCUT2D eigenvalue weighted by Gasteiger charge is -2.24. The number of carbonyl (C=O) groups excluding carboxylic acids is 1. The van der Waals surface area contributed by atoms with E-state index >= 15 is 0 Å². The Balaban J connectivity index is 1.89. The summed E-state index contributed by atoms with van der Waals surface area (Å²) in [5.74, 6) is 1.53. The quantitative estimate of drug-likeness (QED) is 0.364. The van der Waals surface area contributed by atoms with Crippen molar-refractivity contribution in [2.75, 3.05) is 26.4 Å². The van der Waals surface area contributed by atoms with E-state index in [2.05, 4.69) is 4.99 Å². The van der Waals surface area contributed by atoms with Crippen molar-refractivity contribution < 1.29 is 23.7 Å². The van der Waals surface area contributed by atoms with Gasteiger partial charge in [-0.15, -0.1) is 0 Å². The van der Waals surface area contributed by atoms with Crippen LogP contribution in [0.3, 0.4) is 0 Å². The molecule has 0 amide bonds. The zero-order valence-corrected chi connectivity index (χ0v) is 23.1. The van der Waals surface area contributed by atoms with Crippen LogP contribution in [0, 0.1) is 0 Å². The van der Waals surface area contributed by atoms with Gasteiger partial charge in [-0.05, 0) is 70.5 Å². The summed E-state index contributed by atoms with van der Waals surface area (Å²) in [6.07, 6.45) is 1.79. The van der Waals surface area contributed by atoms with E-state index in [0.29, 0.717) is 57.7 Å². The zero-order valence-electron chi connectivity index (χ0n) is 22.3. The van der Waals surface area contributed by atoms with Gasteiger partial charge in [0.2, 0.25) is 0 Å². The lowest BCUT2D eigenvalue weighted by molar-refractivity contribution is -0.139. The maximum absolute atomic E-state index is 13.9. The number of thiazole rings is 1. The third-order valence-electron chi connectivity index (χ3n) is 5.91. The second kappa shape index (κ2) is 12.1. The van der Waals surface area contributed by atoms with E-state index in [-0.39, 0.29) is 12.2 Å². The molecule has 0 radical (unpaired) electrons. The van der Waals surface area contributed by atoms with Gasteiger partial charge in [-0.25, -0.2) is 9.79 Å². The molecule has 4 rings (SSSR count). The van der Waals surface area contributed by atoms with Crippen LogP contribution in [-0.2, 0) is 9.53 Å². The van der Waals surface area contributed by atoms with Gasteiger partial charge in [-0.3, -0.25) is 9.36 Å². The summed E-state index contributed by atoms with van der Waals surface area (Å²) in [5, 5.41) is 0. The topological polar surface area (TPSA) is 88.4 Å². The second-order valence-corrected chi connectivity index (χ2v) is 9.38. The molecule has 1 aromatic heterocycles. The van der Waals surface area contributed by atoms with E-state index in [1.54, 1.807) is 24.5 Å². The predicted molar refractivity (Wildman–Crippen MR) is 147 cm³/mol. The Kier molecular flexibility index (Phi) is 8.68. The van der Waals surface area contributed by atoms with Gasteiger partial charge in [-0.2, -0.15) is 0 Å². The van der Waals surface area contributed by atoms with E-state index in [9.17, 15) is 9.59 Å². The highest BCUT2D eigenvalue weighted by Crippen LogP contribution is 2.32. The number of hydrogen-bond donors (Lipinski definition) is 0. The number of esters is 1. The standard InChI is InChI=1S/C29H32N2O6S/c1-6-34-21-13-10-19(11-14-21)26-25(28(33)37-9-4)18(5)30-29-31(26)27(32)24(38-29)16-20-12-15-22(35-7-2)17-23(20)36-8-3/h10-17,26H,6-9H2,1-5H3/b24-16+/t26-/m0/s1. The maximum Gasteiger partial charge on any atom is 0.338 e. The van der Waals surface area contributed by atoms with Crippen LogP contribution in [0.4, 0.5) is 0 Å². The number of allylic oxidation sites excluding steroid dienone is 1. The van der Waals surface area contributed by atoms with Gasteiger partial charge >= 0.3 is 5.97 Å². The third kappa shape index (κ3) is 5.52. The summed E-state index contributed by atoms with van der Waals surface area (Å²) in [6.45, 7) is 11.0. The number of benzene rings is 2. The lowest BCUT2D eigenvalue weighted by Crippen LogP contribution is -2.39. The smallest absolute Gasteiger partial charge is 0.338 e. The minimum absolute atomic E-state index is 0.216. The molecule has 0 saturated carbocycles. The lowest BCUT2D eigenvalue weighted by atomic mass is 9.96. The molecule has 0 bridgehead atoms. The molecule has 0 unspecified atom stereocenters. The fourth-order valence-electron chi connectivity index (χ4n) is 4.33. The monoisotopic (exact) mass is 536 g/mol. The van der Waals surface area contributed by atoms with Crippen LogP contribution in [0.2, 0.25) is 0 Å². The molecule has 1 aliphatic rings. The Morgan fingerprint density at radius 3 is 2.26 bits per heavy atom. The van der Waals surface area contributed by atoms with Crippen molar-refractivity contribution in [1.29, 1.82) is 0 Å². The molecule has 1 aliphatic heterocycles. The highest BCUT2D eigenvalue weighted by atomic mass is 32.1. The van der Waals surface area contributed by atoms with Gasteiger partial charge in [0, 0.05) is 11.6 Å². The largest absolute Gasteiger partial charge is 0.494 e. The molecule has 38 heavy (non-hydrogen) atoms. The second-order valence-electron chi connectivity index (χ2n) is 8.37. The number of aromatic nitrogens is 1. The van der Waals surface area contributed by atoms with Gasteiger partial charge in [0.15, 0.2) is 4.80 Å². The molecule has 1 atom stereocenters. The maximum atomic E-state index is 13.9. The van der Waals surface area contributed by atoms with Crippen molar-refractivity contribution in [2.24, 2.45) is 4.99 Å². The molecule has 8 nitrogen and oxygen atoms in total. The first-order valence-corrected chi connectivity index (χ1v) is 13.5. The minimum atomic E-state index is -0.685. The molecule has 0 spiro atoms. The Bertz CT molecular complexity index is 1520. The van der Waals surface area contributed by atoms with E-state index in [0.717, 1.165) is 11.1 Å². The van der Waals surface area contributed by atoms with Crippen LogP contribution >= 0.6 is 11.3 Å². The van der Waals surface area contributed by atoms with Crippen LogP contribution in [-0.4, -0.2) is 37.0 Å². The molecule has 0 N–H and O–H groups in total. The number of nitrogens with zero attached hydrogens (tertiary/aromatic N) is 2. The molecule has 200 valence electrons. The summed E-state index contributed by atoms with van der Waals surface area (Å²) >= 11 is 1.27. The highest BCUT2D eigenvalue weighted by molar-refractivity contribution is 7.07. The third-order valence-corrected chi connectivity index (χ3v) is 6.89. The molecule has 0 fully saturated rings. The normalized spacial score (nSPS) is 15.1. The number of carbonyl (C=O) groups is 1. The average molecular weight is 537 g/mol. The molecule has 0 aliphatic carbocycles.